The molecule has 1 atom stereocenters. The standard InChI is InChI=1S/C17H22F2N4O4/c1-16(2,3)27-14(24)13(9-17(18,19)11-21-23-20)22-15(25)26-10-12-7-5-4-6-8-12/h4-8,13H,9-11H2,1-3H3,(H,22,25). The zero-order valence-corrected chi connectivity index (χ0v) is 15.3. The highest BCUT2D eigenvalue weighted by Crippen LogP contribution is 2.23. The summed E-state index contributed by atoms with van der Waals surface area (Å²) in [6.07, 6.45) is -2.14. The molecular weight excluding hydrogens is 362 g/mol. The van der Waals surface area contributed by atoms with Gasteiger partial charge in [-0.3, -0.25) is 0 Å². The van der Waals surface area contributed by atoms with Gasteiger partial charge in [0.25, 0.3) is 5.92 Å². The number of amides is 1. The molecule has 1 unspecified atom stereocenters. The number of rotatable bonds is 8. The van der Waals surface area contributed by atoms with Crippen LogP contribution < -0.4 is 5.32 Å². The Labute approximate surface area is 155 Å². The number of hydrogen-bond acceptors (Lipinski definition) is 5. The van der Waals surface area contributed by atoms with Crippen molar-refractivity contribution in [1.29, 1.82) is 0 Å². The monoisotopic (exact) mass is 384 g/mol. The van der Waals surface area contributed by atoms with Gasteiger partial charge >= 0.3 is 12.1 Å². The first-order valence-corrected chi connectivity index (χ1v) is 8.11. The van der Waals surface area contributed by atoms with Crippen molar-refractivity contribution >= 4 is 12.1 Å². The van der Waals surface area contributed by atoms with Gasteiger partial charge in [0, 0.05) is 11.3 Å². The average Bonchev–Trinajstić information content (AvgIpc) is 2.57. The zero-order chi connectivity index (χ0) is 20.5. The summed E-state index contributed by atoms with van der Waals surface area (Å²) in [5.74, 6) is -4.56. The van der Waals surface area contributed by atoms with Gasteiger partial charge in [0.2, 0.25) is 0 Å². The summed E-state index contributed by atoms with van der Waals surface area (Å²) in [6, 6.07) is 7.04. The number of nitrogens with one attached hydrogen (secondary N) is 1. The molecule has 1 aromatic carbocycles. The van der Waals surface area contributed by atoms with Crippen molar-refractivity contribution in [2.45, 2.75) is 51.4 Å². The van der Waals surface area contributed by atoms with Crippen molar-refractivity contribution in [3.63, 3.8) is 0 Å². The lowest BCUT2D eigenvalue weighted by Gasteiger charge is -2.26. The van der Waals surface area contributed by atoms with Crippen molar-refractivity contribution in [2.75, 3.05) is 6.54 Å². The van der Waals surface area contributed by atoms with E-state index in [1.54, 1.807) is 51.1 Å². The summed E-state index contributed by atoms with van der Waals surface area (Å²) in [5, 5.41) is 4.91. The molecule has 0 aromatic heterocycles. The molecule has 148 valence electrons. The predicted octanol–water partition coefficient (Wildman–Crippen LogP) is 3.96. The molecule has 10 heteroatoms. The molecule has 0 aliphatic rings. The fourth-order valence-electron chi connectivity index (χ4n) is 1.97. The molecule has 1 aromatic rings. The molecule has 0 saturated carbocycles. The fraction of sp³-hybridized carbons (Fsp3) is 0.529. The Balaban J connectivity index is 2.78. The lowest BCUT2D eigenvalue weighted by atomic mass is 10.1. The molecule has 0 spiro atoms. The van der Waals surface area contributed by atoms with Gasteiger partial charge in [-0.15, -0.1) is 0 Å². The number of benzene rings is 1. The van der Waals surface area contributed by atoms with Gasteiger partial charge in [-0.25, -0.2) is 18.4 Å². The van der Waals surface area contributed by atoms with Gasteiger partial charge in [0.05, 0.1) is 6.54 Å². The van der Waals surface area contributed by atoms with Crippen molar-refractivity contribution < 1.29 is 27.8 Å². The summed E-state index contributed by atoms with van der Waals surface area (Å²) in [4.78, 5) is 26.4. The number of ether oxygens (including phenoxy) is 2. The van der Waals surface area contributed by atoms with E-state index in [9.17, 15) is 18.4 Å². The summed E-state index contributed by atoms with van der Waals surface area (Å²) in [5.41, 5.74) is 7.94. The number of azide groups is 1. The SMILES string of the molecule is CC(C)(C)OC(=O)C(CC(F)(F)CN=[N+]=[N-])NC(=O)OCc1ccccc1. The van der Waals surface area contributed by atoms with Gasteiger partial charge in [0.15, 0.2) is 0 Å². The minimum Gasteiger partial charge on any atom is -0.458 e. The van der Waals surface area contributed by atoms with Gasteiger partial charge in [-0.1, -0.05) is 35.4 Å². The summed E-state index contributed by atoms with van der Waals surface area (Å²) < 4.78 is 37.8. The number of alkyl carbamates (subject to hydrolysis) is 1. The Morgan fingerprint density at radius 2 is 1.89 bits per heavy atom. The number of carbonyl (C=O) groups is 2. The molecule has 8 nitrogen and oxygen atoms in total. The third-order valence-corrected chi connectivity index (χ3v) is 3.06. The van der Waals surface area contributed by atoms with E-state index in [-0.39, 0.29) is 6.61 Å². The number of carbonyl (C=O) groups excluding carboxylic acids is 2. The molecule has 0 radical (unpaired) electrons. The van der Waals surface area contributed by atoms with Crippen molar-refractivity contribution in [2.24, 2.45) is 5.11 Å². The Morgan fingerprint density at radius 3 is 2.44 bits per heavy atom. The van der Waals surface area contributed by atoms with Crippen LogP contribution in [-0.4, -0.2) is 36.2 Å². The van der Waals surface area contributed by atoms with Crippen LogP contribution in [-0.2, 0) is 20.9 Å². The van der Waals surface area contributed by atoms with E-state index in [1.807, 2.05) is 0 Å². The second-order valence-electron chi connectivity index (χ2n) is 6.74. The highest BCUT2D eigenvalue weighted by atomic mass is 19.3. The van der Waals surface area contributed by atoms with Gasteiger partial charge in [-0.05, 0) is 31.9 Å². The smallest absolute Gasteiger partial charge is 0.408 e. The van der Waals surface area contributed by atoms with Crippen LogP contribution in [0.3, 0.4) is 0 Å². The van der Waals surface area contributed by atoms with Crippen molar-refractivity contribution in [1.82, 2.24) is 5.32 Å². The number of nitrogens with zero attached hydrogens (tertiary/aromatic N) is 3. The Bertz CT molecular complexity index is 686. The molecule has 0 heterocycles. The molecule has 1 amide bonds. The van der Waals surface area contributed by atoms with Crippen molar-refractivity contribution in [3.05, 3.63) is 46.3 Å². The normalized spacial score (nSPS) is 12.5. The Hall–Kier alpha value is -2.87. The highest BCUT2D eigenvalue weighted by molar-refractivity contribution is 5.81. The Morgan fingerprint density at radius 1 is 1.26 bits per heavy atom. The van der Waals surface area contributed by atoms with Crippen LogP contribution in [0, 0.1) is 0 Å². The highest BCUT2D eigenvalue weighted by Gasteiger charge is 2.38. The van der Waals surface area contributed by atoms with Crippen LogP contribution in [0.25, 0.3) is 10.4 Å². The molecule has 1 rings (SSSR count). The third kappa shape index (κ3) is 9.41. The van der Waals surface area contributed by atoms with E-state index in [4.69, 9.17) is 15.0 Å². The number of hydrogen-bond donors (Lipinski definition) is 1. The van der Waals surface area contributed by atoms with E-state index in [0.29, 0.717) is 5.56 Å². The van der Waals surface area contributed by atoms with E-state index in [1.165, 1.54) is 0 Å². The van der Waals surface area contributed by atoms with Crippen molar-refractivity contribution in [3.8, 4) is 0 Å². The van der Waals surface area contributed by atoms with E-state index >= 15 is 0 Å². The summed E-state index contributed by atoms with van der Waals surface area (Å²) in [6.45, 7) is 3.45. The minimum absolute atomic E-state index is 0.0944. The maximum atomic E-state index is 13.9. The van der Waals surface area contributed by atoms with Crippen LogP contribution in [0.5, 0.6) is 0 Å². The van der Waals surface area contributed by atoms with E-state index < -0.39 is 42.6 Å². The van der Waals surface area contributed by atoms with Crippen LogP contribution in [0.1, 0.15) is 32.8 Å². The molecule has 27 heavy (non-hydrogen) atoms. The first-order chi connectivity index (χ1) is 12.5. The topological polar surface area (TPSA) is 113 Å². The predicted molar refractivity (Wildman–Crippen MR) is 93.0 cm³/mol. The number of alkyl halides is 2. The van der Waals surface area contributed by atoms with Gasteiger partial charge in [0.1, 0.15) is 18.2 Å². The maximum Gasteiger partial charge on any atom is 0.408 e. The van der Waals surface area contributed by atoms with Crippen LogP contribution in [0.15, 0.2) is 35.4 Å². The second kappa shape index (κ2) is 9.72. The summed E-state index contributed by atoms with van der Waals surface area (Å²) >= 11 is 0. The van der Waals surface area contributed by atoms with Crippen LogP contribution >= 0.6 is 0 Å². The molecule has 0 saturated heterocycles. The summed E-state index contributed by atoms with van der Waals surface area (Å²) in [7, 11) is 0. The average molecular weight is 384 g/mol. The maximum absolute atomic E-state index is 13.9. The zero-order valence-electron chi connectivity index (χ0n) is 15.3. The first-order valence-electron chi connectivity index (χ1n) is 8.11. The number of esters is 1. The lowest BCUT2D eigenvalue weighted by molar-refractivity contribution is -0.160. The molecule has 0 aliphatic heterocycles. The largest absolute Gasteiger partial charge is 0.458 e. The van der Waals surface area contributed by atoms with E-state index in [2.05, 4.69) is 15.3 Å². The fourth-order valence-corrected chi connectivity index (χ4v) is 1.97. The van der Waals surface area contributed by atoms with E-state index in [0.717, 1.165) is 0 Å². The third-order valence-electron chi connectivity index (χ3n) is 3.06. The second-order valence-corrected chi connectivity index (χ2v) is 6.74. The van der Waals surface area contributed by atoms with Gasteiger partial charge in [-0.2, -0.15) is 0 Å². The van der Waals surface area contributed by atoms with Gasteiger partial charge < -0.3 is 14.8 Å². The first kappa shape index (κ1) is 22.2. The molecule has 0 bridgehead atoms. The molecule has 1 N–H and O–H groups in total. The van der Waals surface area contributed by atoms with Crippen LogP contribution in [0.2, 0.25) is 0 Å². The molecule has 0 aliphatic carbocycles. The number of halogens is 2. The molecular formula is C17H22F2N4O4. The lowest BCUT2D eigenvalue weighted by Crippen LogP contribution is -2.47. The Kier molecular flexibility index (Phi) is 7.99. The molecule has 0 fully saturated rings. The quantitative estimate of drug-likeness (QED) is 0.316. The minimum atomic E-state index is -3.51. The van der Waals surface area contributed by atoms with Crippen LogP contribution in [0.4, 0.5) is 13.6 Å².